The topological polar surface area (TPSA) is 41.1 Å². The Morgan fingerprint density at radius 1 is 1.07 bits per heavy atom. The van der Waals surface area contributed by atoms with Gasteiger partial charge in [-0.3, -0.25) is 0 Å². The number of carbonyl (C=O) groups excluding carboxylic acids is 1. The fourth-order valence-corrected chi connectivity index (χ4v) is 5.96. The van der Waals surface area contributed by atoms with Gasteiger partial charge in [-0.1, -0.05) is 63.6 Å². The van der Waals surface area contributed by atoms with Crippen LogP contribution < -0.4 is 10.6 Å². The lowest BCUT2D eigenvalue weighted by molar-refractivity contribution is 0.0709. The molecule has 0 unspecified atom stereocenters. The van der Waals surface area contributed by atoms with Gasteiger partial charge >= 0.3 is 6.03 Å². The van der Waals surface area contributed by atoms with Gasteiger partial charge in [-0.25, -0.2) is 4.79 Å². The standard InChI is InChI=1S/C26H34N2O/c1-18(2)19-11-13-22-20(17-19)12-14-23-25(22,3)15-8-16-26(23,4)28-24(29)27-21-9-6-5-7-10-21/h5-7,9-11,13,17-18,23H,8,12,14-16H2,1-4H3,(H2,27,28,29)/t23-,25-,26-/m1/s1. The van der Waals surface area contributed by atoms with Crippen LogP contribution in [0, 0.1) is 5.92 Å². The summed E-state index contributed by atoms with van der Waals surface area (Å²) in [5, 5.41) is 6.39. The zero-order valence-electron chi connectivity index (χ0n) is 18.2. The van der Waals surface area contributed by atoms with E-state index in [-0.39, 0.29) is 17.0 Å². The van der Waals surface area contributed by atoms with Gasteiger partial charge in [0.25, 0.3) is 0 Å². The SMILES string of the molecule is CC(C)c1ccc2c(c1)CC[C@H]1[C@](C)(NC(=O)Nc3ccccc3)CCC[C@]21C. The van der Waals surface area contributed by atoms with Gasteiger partial charge in [0.2, 0.25) is 0 Å². The van der Waals surface area contributed by atoms with Gasteiger partial charge in [0.15, 0.2) is 0 Å². The van der Waals surface area contributed by atoms with Crippen LogP contribution in [0.25, 0.3) is 0 Å². The maximum Gasteiger partial charge on any atom is 0.319 e. The average molecular weight is 391 g/mol. The summed E-state index contributed by atoms with van der Waals surface area (Å²) in [5.74, 6) is 1.01. The molecule has 3 heteroatoms. The zero-order chi connectivity index (χ0) is 20.6. The van der Waals surface area contributed by atoms with Crippen LogP contribution in [0.3, 0.4) is 0 Å². The molecule has 2 N–H and O–H groups in total. The lowest BCUT2D eigenvalue weighted by Gasteiger charge is -2.55. The molecule has 0 bridgehead atoms. The van der Waals surface area contributed by atoms with Crippen LogP contribution in [-0.2, 0) is 11.8 Å². The van der Waals surface area contributed by atoms with Crippen LogP contribution in [0.15, 0.2) is 48.5 Å². The van der Waals surface area contributed by atoms with Crippen molar-refractivity contribution in [2.45, 2.75) is 76.7 Å². The molecular weight excluding hydrogens is 356 g/mol. The molecule has 2 aliphatic rings. The van der Waals surface area contributed by atoms with E-state index in [0.29, 0.717) is 11.8 Å². The van der Waals surface area contributed by atoms with E-state index in [9.17, 15) is 4.79 Å². The lowest BCUT2D eigenvalue weighted by Crippen LogP contribution is -2.61. The molecule has 154 valence electrons. The summed E-state index contributed by atoms with van der Waals surface area (Å²) >= 11 is 0. The summed E-state index contributed by atoms with van der Waals surface area (Å²) in [6.45, 7) is 9.22. The highest BCUT2D eigenvalue weighted by Gasteiger charge is 2.52. The van der Waals surface area contributed by atoms with Crippen molar-refractivity contribution in [3.05, 3.63) is 65.2 Å². The molecule has 29 heavy (non-hydrogen) atoms. The first kappa shape index (κ1) is 20.0. The first-order valence-corrected chi connectivity index (χ1v) is 11.1. The molecule has 0 spiro atoms. The van der Waals surface area contributed by atoms with Crippen molar-refractivity contribution in [1.29, 1.82) is 0 Å². The summed E-state index contributed by atoms with van der Waals surface area (Å²) in [5.41, 5.74) is 5.23. The molecule has 1 fully saturated rings. The molecule has 2 aromatic carbocycles. The lowest BCUT2D eigenvalue weighted by atomic mass is 9.52. The van der Waals surface area contributed by atoms with Crippen molar-refractivity contribution in [2.75, 3.05) is 5.32 Å². The van der Waals surface area contributed by atoms with Crippen molar-refractivity contribution in [2.24, 2.45) is 5.92 Å². The molecule has 0 radical (unpaired) electrons. The van der Waals surface area contributed by atoms with Gasteiger partial charge < -0.3 is 10.6 Å². The maximum atomic E-state index is 12.8. The third-order valence-electron chi connectivity index (χ3n) is 7.47. The second-order valence-corrected chi connectivity index (χ2v) is 9.80. The van der Waals surface area contributed by atoms with E-state index in [4.69, 9.17) is 0 Å². The van der Waals surface area contributed by atoms with E-state index in [2.05, 4.69) is 56.5 Å². The van der Waals surface area contributed by atoms with Gasteiger partial charge in [0.1, 0.15) is 0 Å². The molecular formula is C26H34N2O. The Bertz CT molecular complexity index is 891. The number of aryl methyl sites for hydroxylation is 1. The number of hydrogen-bond donors (Lipinski definition) is 2. The smallest absolute Gasteiger partial charge is 0.319 e. The van der Waals surface area contributed by atoms with Crippen molar-refractivity contribution >= 4 is 11.7 Å². The highest BCUT2D eigenvalue weighted by molar-refractivity contribution is 5.89. The first-order chi connectivity index (χ1) is 13.8. The second-order valence-electron chi connectivity index (χ2n) is 9.80. The van der Waals surface area contributed by atoms with E-state index in [1.54, 1.807) is 0 Å². The quantitative estimate of drug-likeness (QED) is 0.626. The van der Waals surface area contributed by atoms with E-state index < -0.39 is 0 Å². The Morgan fingerprint density at radius 3 is 2.55 bits per heavy atom. The monoisotopic (exact) mass is 390 g/mol. The molecule has 2 amide bonds. The van der Waals surface area contributed by atoms with Gasteiger partial charge in [-0.05, 0) is 78.7 Å². The van der Waals surface area contributed by atoms with Gasteiger partial charge in [0.05, 0.1) is 0 Å². The van der Waals surface area contributed by atoms with Crippen LogP contribution >= 0.6 is 0 Å². The highest BCUT2D eigenvalue weighted by Crippen LogP contribution is 2.53. The maximum absolute atomic E-state index is 12.8. The summed E-state index contributed by atoms with van der Waals surface area (Å²) in [4.78, 5) is 12.8. The van der Waals surface area contributed by atoms with Crippen molar-refractivity contribution in [3.63, 3.8) is 0 Å². The highest BCUT2D eigenvalue weighted by atomic mass is 16.2. The molecule has 2 aromatic rings. The Labute approximate surface area is 175 Å². The number of hydrogen-bond acceptors (Lipinski definition) is 1. The largest absolute Gasteiger partial charge is 0.332 e. The van der Waals surface area contributed by atoms with Gasteiger partial charge in [-0.15, -0.1) is 0 Å². The summed E-state index contributed by atoms with van der Waals surface area (Å²) < 4.78 is 0. The Balaban J connectivity index is 1.58. The fraction of sp³-hybridized carbons (Fsp3) is 0.500. The van der Waals surface area contributed by atoms with Crippen molar-refractivity contribution in [1.82, 2.24) is 5.32 Å². The van der Waals surface area contributed by atoms with Crippen LogP contribution in [0.1, 0.15) is 76.0 Å². The van der Waals surface area contributed by atoms with E-state index in [1.165, 1.54) is 23.1 Å². The minimum Gasteiger partial charge on any atom is -0.332 e. The van der Waals surface area contributed by atoms with E-state index >= 15 is 0 Å². The Hall–Kier alpha value is -2.29. The third-order valence-corrected chi connectivity index (χ3v) is 7.47. The van der Waals surface area contributed by atoms with Gasteiger partial charge in [-0.2, -0.15) is 0 Å². The second kappa shape index (κ2) is 7.51. The summed E-state index contributed by atoms with van der Waals surface area (Å²) in [7, 11) is 0. The third kappa shape index (κ3) is 3.68. The van der Waals surface area contributed by atoms with Crippen LogP contribution in [0.4, 0.5) is 10.5 Å². The Kier molecular flexibility index (Phi) is 5.18. The van der Waals surface area contributed by atoms with Crippen LogP contribution in [0.5, 0.6) is 0 Å². The van der Waals surface area contributed by atoms with Crippen molar-refractivity contribution in [3.8, 4) is 0 Å². The van der Waals surface area contributed by atoms with Crippen LogP contribution in [0.2, 0.25) is 0 Å². The fourth-order valence-electron chi connectivity index (χ4n) is 5.96. The minimum atomic E-state index is -0.194. The number of urea groups is 1. The molecule has 0 saturated heterocycles. The molecule has 3 atom stereocenters. The Morgan fingerprint density at radius 2 is 1.83 bits per heavy atom. The number of benzene rings is 2. The molecule has 2 aliphatic carbocycles. The normalized spacial score (nSPS) is 28.4. The predicted molar refractivity (Wildman–Crippen MR) is 121 cm³/mol. The minimum absolute atomic E-state index is 0.0936. The molecule has 4 rings (SSSR count). The number of amides is 2. The average Bonchev–Trinajstić information content (AvgIpc) is 2.68. The number of rotatable bonds is 3. The van der Waals surface area contributed by atoms with E-state index in [0.717, 1.165) is 31.4 Å². The van der Waals surface area contributed by atoms with Crippen LogP contribution in [-0.4, -0.2) is 11.6 Å². The molecule has 1 saturated carbocycles. The number of para-hydroxylation sites is 1. The summed E-state index contributed by atoms with van der Waals surface area (Å²) in [6, 6.07) is 16.7. The molecule has 3 nitrogen and oxygen atoms in total. The number of fused-ring (bicyclic) bond motifs is 3. The van der Waals surface area contributed by atoms with Crippen molar-refractivity contribution < 1.29 is 4.79 Å². The van der Waals surface area contributed by atoms with E-state index in [1.807, 2.05) is 30.3 Å². The molecule has 0 heterocycles. The first-order valence-electron chi connectivity index (χ1n) is 11.1. The summed E-state index contributed by atoms with van der Waals surface area (Å²) in [6.07, 6.45) is 5.61. The van der Waals surface area contributed by atoms with Gasteiger partial charge in [0, 0.05) is 11.2 Å². The zero-order valence-corrected chi connectivity index (χ0v) is 18.2. The number of carbonyl (C=O) groups is 1. The number of anilines is 1. The predicted octanol–water partition coefficient (Wildman–Crippen LogP) is 6.39. The molecule has 0 aliphatic heterocycles. The number of nitrogens with one attached hydrogen (secondary N) is 2. The molecule has 0 aromatic heterocycles.